The van der Waals surface area contributed by atoms with Gasteiger partial charge in [-0.05, 0) is 49.2 Å². The highest BCUT2D eigenvalue weighted by Crippen LogP contribution is 2.24. The van der Waals surface area contributed by atoms with Crippen molar-refractivity contribution in [1.29, 1.82) is 0 Å². The molecule has 6 nitrogen and oxygen atoms in total. The number of imidazole rings is 1. The molecule has 1 aliphatic rings. The van der Waals surface area contributed by atoms with Gasteiger partial charge in [-0.1, -0.05) is 11.6 Å². The molecule has 3 heterocycles. The van der Waals surface area contributed by atoms with Gasteiger partial charge in [0.1, 0.15) is 0 Å². The summed E-state index contributed by atoms with van der Waals surface area (Å²) in [5.74, 6) is 0.00239. The number of likely N-dealkylation sites (tertiary alicyclic amines) is 1. The van der Waals surface area contributed by atoms with Gasteiger partial charge in [-0.3, -0.25) is 14.3 Å². The van der Waals surface area contributed by atoms with Crippen LogP contribution >= 0.6 is 11.6 Å². The molecule has 0 spiro atoms. The normalized spacial score (nSPS) is 15.1. The minimum Gasteiger partial charge on any atom is -0.338 e. The first-order valence-electron chi connectivity index (χ1n) is 8.88. The third kappa shape index (κ3) is 3.66. The van der Waals surface area contributed by atoms with E-state index in [0.717, 1.165) is 24.1 Å². The van der Waals surface area contributed by atoms with Crippen molar-refractivity contribution in [3.8, 4) is 11.3 Å². The summed E-state index contributed by atoms with van der Waals surface area (Å²) >= 11 is 5.89. The van der Waals surface area contributed by atoms with E-state index in [0.29, 0.717) is 23.7 Å². The Morgan fingerprint density at radius 3 is 2.56 bits per heavy atom. The second-order valence-electron chi connectivity index (χ2n) is 6.65. The van der Waals surface area contributed by atoms with Crippen LogP contribution in [0.4, 0.5) is 0 Å². The molecule has 1 aromatic carbocycles. The maximum atomic E-state index is 12.6. The Hall–Kier alpha value is -2.86. The van der Waals surface area contributed by atoms with E-state index in [4.69, 9.17) is 11.6 Å². The van der Waals surface area contributed by atoms with Gasteiger partial charge in [0.05, 0.1) is 5.69 Å². The van der Waals surface area contributed by atoms with Gasteiger partial charge in [-0.25, -0.2) is 4.79 Å². The van der Waals surface area contributed by atoms with Gasteiger partial charge in [0.2, 0.25) is 0 Å². The van der Waals surface area contributed by atoms with Crippen LogP contribution < -0.4 is 5.69 Å². The lowest BCUT2D eigenvalue weighted by Crippen LogP contribution is -2.40. The summed E-state index contributed by atoms with van der Waals surface area (Å²) < 4.78 is 1.74. The SMILES string of the molecule is O=C(c1ccc(Cl)cc1)N1CCC(n2cc(-c3cccnc3)[nH]c2=O)CC1. The van der Waals surface area contributed by atoms with Crippen molar-refractivity contribution in [3.05, 3.63) is 76.1 Å². The molecule has 0 atom stereocenters. The molecule has 1 aliphatic heterocycles. The Balaban J connectivity index is 1.45. The number of hydrogen-bond acceptors (Lipinski definition) is 3. The lowest BCUT2D eigenvalue weighted by Gasteiger charge is -2.32. The van der Waals surface area contributed by atoms with Crippen LogP contribution in [-0.2, 0) is 0 Å². The first kappa shape index (κ1) is 17.5. The minimum absolute atomic E-state index is 0.00239. The van der Waals surface area contributed by atoms with E-state index < -0.39 is 0 Å². The molecule has 0 saturated carbocycles. The van der Waals surface area contributed by atoms with Crippen LogP contribution in [0.15, 0.2) is 59.8 Å². The highest BCUT2D eigenvalue weighted by atomic mass is 35.5. The van der Waals surface area contributed by atoms with E-state index in [1.807, 2.05) is 23.2 Å². The summed E-state index contributed by atoms with van der Waals surface area (Å²) in [6, 6.07) is 10.8. The van der Waals surface area contributed by atoms with E-state index >= 15 is 0 Å². The van der Waals surface area contributed by atoms with E-state index in [1.54, 1.807) is 41.2 Å². The monoisotopic (exact) mass is 382 g/mol. The second-order valence-corrected chi connectivity index (χ2v) is 7.09. The lowest BCUT2D eigenvalue weighted by atomic mass is 10.0. The number of aromatic amines is 1. The molecule has 0 aliphatic carbocycles. The highest BCUT2D eigenvalue weighted by Gasteiger charge is 2.25. The third-order valence-corrected chi connectivity index (χ3v) is 5.21. The number of nitrogens with one attached hydrogen (secondary N) is 1. The molecule has 1 N–H and O–H groups in total. The second kappa shape index (κ2) is 7.40. The van der Waals surface area contributed by atoms with Gasteiger partial charge in [-0.15, -0.1) is 0 Å². The summed E-state index contributed by atoms with van der Waals surface area (Å²) in [6.07, 6.45) is 6.75. The Labute approximate surface area is 161 Å². The average molecular weight is 383 g/mol. The lowest BCUT2D eigenvalue weighted by molar-refractivity contribution is 0.0693. The standard InChI is InChI=1S/C20H19ClN4O2/c21-16-5-3-14(4-6-16)19(26)24-10-7-17(8-11-24)25-13-18(23-20(25)27)15-2-1-9-22-12-15/h1-6,9,12-13,17H,7-8,10-11H2,(H,23,27). The number of amides is 1. The van der Waals surface area contributed by atoms with Crippen molar-refractivity contribution in [2.45, 2.75) is 18.9 Å². The molecule has 0 unspecified atom stereocenters. The van der Waals surface area contributed by atoms with Gasteiger partial charge in [0.15, 0.2) is 0 Å². The molecule has 27 heavy (non-hydrogen) atoms. The Bertz CT molecular complexity index is 987. The van der Waals surface area contributed by atoms with Crippen molar-refractivity contribution in [3.63, 3.8) is 0 Å². The number of H-pyrrole nitrogens is 1. The van der Waals surface area contributed by atoms with Crippen LogP contribution in [0.25, 0.3) is 11.3 Å². The molecule has 2 aromatic heterocycles. The quantitative estimate of drug-likeness (QED) is 0.755. The number of aromatic nitrogens is 3. The third-order valence-electron chi connectivity index (χ3n) is 4.95. The molecule has 0 radical (unpaired) electrons. The van der Waals surface area contributed by atoms with Crippen LogP contribution in [0.3, 0.4) is 0 Å². The van der Waals surface area contributed by atoms with Crippen LogP contribution in [0.1, 0.15) is 29.2 Å². The fraction of sp³-hybridized carbons (Fsp3) is 0.250. The van der Waals surface area contributed by atoms with Gasteiger partial charge in [0, 0.05) is 53.9 Å². The van der Waals surface area contributed by atoms with Crippen LogP contribution in [0, 0.1) is 0 Å². The molecule has 1 saturated heterocycles. The van der Waals surface area contributed by atoms with Crippen molar-refractivity contribution in [2.24, 2.45) is 0 Å². The molecule has 138 valence electrons. The maximum absolute atomic E-state index is 12.6. The summed E-state index contributed by atoms with van der Waals surface area (Å²) in [6.45, 7) is 1.23. The Morgan fingerprint density at radius 2 is 1.89 bits per heavy atom. The molecule has 4 rings (SSSR count). The van der Waals surface area contributed by atoms with E-state index in [9.17, 15) is 9.59 Å². The number of nitrogens with zero attached hydrogens (tertiary/aromatic N) is 3. The molecule has 1 amide bonds. The molecular formula is C20H19ClN4O2. The highest BCUT2D eigenvalue weighted by molar-refractivity contribution is 6.30. The van der Waals surface area contributed by atoms with Crippen molar-refractivity contribution in [1.82, 2.24) is 19.4 Å². The van der Waals surface area contributed by atoms with E-state index in [1.165, 1.54) is 0 Å². The van der Waals surface area contributed by atoms with E-state index in [-0.39, 0.29) is 17.6 Å². The summed E-state index contributed by atoms with van der Waals surface area (Å²) in [5, 5.41) is 0.613. The smallest absolute Gasteiger partial charge is 0.326 e. The van der Waals surface area contributed by atoms with Gasteiger partial charge >= 0.3 is 5.69 Å². The molecule has 1 fully saturated rings. The summed E-state index contributed by atoms with van der Waals surface area (Å²) in [4.78, 5) is 33.8. The first-order valence-corrected chi connectivity index (χ1v) is 9.26. The molecule has 0 bridgehead atoms. The molecular weight excluding hydrogens is 364 g/mol. The number of hydrogen-bond donors (Lipinski definition) is 1. The number of piperidine rings is 1. The minimum atomic E-state index is -0.128. The topological polar surface area (TPSA) is 71.0 Å². The number of carbonyl (C=O) groups is 1. The fourth-order valence-corrected chi connectivity index (χ4v) is 3.60. The summed E-state index contributed by atoms with van der Waals surface area (Å²) in [7, 11) is 0. The fourth-order valence-electron chi connectivity index (χ4n) is 3.47. The number of rotatable bonds is 3. The number of carbonyl (C=O) groups excluding carboxylic acids is 1. The molecule has 7 heteroatoms. The van der Waals surface area contributed by atoms with Crippen LogP contribution in [-0.4, -0.2) is 38.4 Å². The summed E-state index contributed by atoms with van der Waals surface area (Å²) in [5.41, 5.74) is 2.14. The number of benzene rings is 1. The van der Waals surface area contributed by atoms with Gasteiger partial charge in [0.25, 0.3) is 5.91 Å². The first-order chi connectivity index (χ1) is 13.1. The predicted molar refractivity (Wildman–Crippen MR) is 104 cm³/mol. The Kier molecular flexibility index (Phi) is 4.81. The number of halogens is 1. The van der Waals surface area contributed by atoms with Crippen molar-refractivity contribution >= 4 is 17.5 Å². The van der Waals surface area contributed by atoms with Gasteiger partial charge in [-0.2, -0.15) is 0 Å². The van der Waals surface area contributed by atoms with E-state index in [2.05, 4.69) is 9.97 Å². The predicted octanol–water partition coefficient (Wildman–Crippen LogP) is 3.37. The van der Waals surface area contributed by atoms with Crippen LogP contribution in [0.2, 0.25) is 5.02 Å². The maximum Gasteiger partial charge on any atom is 0.326 e. The zero-order chi connectivity index (χ0) is 18.8. The zero-order valence-corrected chi connectivity index (χ0v) is 15.4. The largest absolute Gasteiger partial charge is 0.338 e. The molecule has 3 aromatic rings. The van der Waals surface area contributed by atoms with Crippen molar-refractivity contribution < 1.29 is 4.79 Å². The van der Waals surface area contributed by atoms with Gasteiger partial charge < -0.3 is 9.88 Å². The van der Waals surface area contributed by atoms with Crippen molar-refractivity contribution in [2.75, 3.05) is 13.1 Å². The van der Waals surface area contributed by atoms with Crippen LogP contribution in [0.5, 0.6) is 0 Å². The Morgan fingerprint density at radius 1 is 1.15 bits per heavy atom. The average Bonchev–Trinajstić information content (AvgIpc) is 3.10. The zero-order valence-electron chi connectivity index (χ0n) is 14.6. The number of pyridine rings is 1.